The molecule has 0 aromatic rings. The number of aliphatic imine (C=N–C) groups is 1. The fourth-order valence-corrected chi connectivity index (χ4v) is 1.21. The van der Waals surface area contributed by atoms with E-state index in [9.17, 15) is 4.79 Å². The van der Waals surface area contributed by atoms with Crippen molar-refractivity contribution in [2.24, 2.45) is 22.4 Å². The van der Waals surface area contributed by atoms with Gasteiger partial charge in [-0.2, -0.15) is 4.99 Å². The molecule has 0 atom stereocenters. The maximum atomic E-state index is 10.4. The van der Waals surface area contributed by atoms with E-state index < -0.39 is 6.03 Å². The lowest BCUT2D eigenvalue weighted by atomic mass is 9.99. The number of amidine groups is 1. The summed E-state index contributed by atoms with van der Waals surface area (Å²) in [6, 6.07) is -0.723. The van der Waals surface area contributed by atoms with Gasteiger partial charge in [0.05, 0.1) is 0 Å². The quantitative estimate of drug-likeness (QED) is 0.424. The summed E-state index contributed by atoms with van der Waals surface area (Å²) in [6.45, 7) is 1.36. The highest BCUT2D eigenvalue weighted by Crippen LogP contribution is 2.14. The molecule has 1 aliphatic heterocycles. The molecule has 5 heteroatoms. The van der Waals surface area contributed by atoms with Crippen molar-refractivity contribution in [1.29, 1.82) is 0 Å². The first-order valence-electron chi connectivity index (χ1n) is 3.91. The van der Waals surface area contributed by atoms with Gasteiger partial charge in [0, 0.05) is 19.1 Å². The topological polar surface area (TPSA) is 90.7 Å². The number of hydrogen-bond donors (Lipinski definition) is 2. The first-order valence-corrected chi connectivity index (χ1v) is 3.91. The average Bonchev–Trinajstić information content (AvgIpc) is 2.05. The molecule has 1 aliphatic rings. The van der Waals surface area contributed by atoms with E-state index in [1.807, 2.05) is 0 Å². The van der Waals surface area contributed by atoms with Crippen LogP contribution in [0.5, 0.6) is 0 Å². The molecule has 68 valence electrons. The van der Waals surface area contributed by atoms with E-state index in [0.29, 0.717) is 19.0 Å². The third-order valence-electron chi connectivity index (χ3n) is 1.88. The predicted molar refractivity (Wildman–Crippen MR) is 44.7 cm³/mol. The van der Waals surface area contributed by atoms with Crippen molar-refractivity contribution in [3.05, 3.63) is 0 Å². The molecule has 0 unspecified atom stereocenters. The first kappa shape index (κ1) is 8.99. The molecule has 0 aromatic heterocycles. The summed E-state index contributed by atoms with van der Waals surface area (Å²) in [6.07, 6.45) is 1.64. The molecule has 1 saturated heterocycles. The molecule has 0 aromatic carbocycles. The summed E-state index contributed by atoms with van der Waals surface area (Å²) in [5.41, 5.74) is 10.4. The molecule has 1 heterocycles. The zero-order chi connectivity index (χ0) is 8.97. The Hall–Kier alpha value is -1.10. The Labute approximate surface area is 70.8 Å². The Bertz CT molecular complexity index is 197. The summed E-state index contributed by atoms with van der Waals surface area (Å²) < 4.78 is 5.13. The van der Waals surface area contributed by atoms with Crippen LogP contribution in [0, 0.1) is 5.92 Å². The zero-order valence-electron chi connectivity index (χ0n) is 6.82. The SMILES string of the molecule is NC(=O)N=C(N)C1CCOCC1. The smallest absolute Gasteiger partial charge is 0.339 e. The van der Waals surface area contributed by atoms with Crippen LogP contribution in [0.2, 0.25) is 0 Å². The summed E-state index contributed by atoms with van der Waals surface area (Å²) >= 11 is 0. The van der Waals surface area contributed by atoms with Gasteiger partial charge >= 0.3 is 6.03 Å². The molecule has 0 spiro atoms. The second-order valence-electron chi connectivity index (χ2n) is 2.76. The van der Waals surface area contributed by atoms with E-state index in [1.54, 1.807) is 0 Å². The minimum atomic E-state index is -0.723. The largest absolute Gasteiger partial charge is 0.387 e. The number of primary amides is 1. The van der Waals surface area contributed by atoms with Gasteiger partial charge in [-0.05, 0) is 12.8 Å². The van der Waals surface area contributed by atoms with Crippen molar-refractivity contribution in [3.63, 3.8) is 0 Å². The number of ether oxygens (including phenoxy) is 1. The number of nitrogens with two attached hydrogens (primary N) is 2. The summed E-state index contributed by atoms with van der Waals surface area (Å²) in [7, 11) is 0. The third kappa shape index (κ3) is 2.50. The third-order valence-corrected chi connectivity index (χ3v) is 1.88. The highest BCUT2D eigenvalue weighted by Gasteiger charge is 2.17. The summed E-state index contributed by atoms with van der Waals surface area (Å²) in [4.78, 5) is 13.9. The van der Waals surface area contributed by atoms with E-state index in [0.717, 1.165) is 12.8 Å². The van der Waals surface area contributed by atoms with Gasteiger partial charge in [-0.3, -0.25) is 0 Å². The van der Waals surface area contributed by atoms with Gasteiger partial charge in [-0.1, -0.05) is 0 Å². The van der Waals surface area contributed by atoms with Crippen molar-refractivity contribution in [2.45, 2.75) is 12.8 Å². The Kier molecular flexibility index (Phi) is 3.04. The molecule has 0 radical (unpaired) electrons. The van der Waals surface area contributed by atoms with Gasteiger partial charge in [0.25, 0.3) is 0 Å². The normalized spacial score (nSPS) is 20.8. The molecule has 0 aliphatic carbocycles. The number of carbonyl (C=O) groups is 1. The van der Waals surface area contributed by atoms with E-state index >= 15 is 0 Å². The van der Waals surface area contributed by atoms with Crippen LogP contribution in [0.4, 0.5) is 4.79 Å². The zero-order valence-corrected chi connectivity index (χ0v) is 6.82. The van der Waals surface area contributed by atoms with Gasteiger partial charge in [0.15, 0.2) is 0 Å². The van der Waals surface area contributed by atoms with E-state index in [2.05, 4.69) is 4.99 Å². The highest BCUT2D eigenvalue weighted by molar-refractivity contribution is 5.93. The van der Waals surface area contributed by atoms with Crippen LogP contribution < -0.4 is 11.5 Å². The molecular formula is C7H13N3O2. The average molecular weight is 171 g/mol. The Morgan fingerprint density at radius 1 is 1.33 bits per heavy atom. The van der Waals surface area contributed by atoms with Crippen LogP contribution >= 0.6 is 0 Å². The van der Waals surface area contributed by atoms with Crippen molar-refractivity contribution >= 4 is 11.9 Å². The molecule has 5 nitrogen and oxygen atoms in total. The van der Waals surface area contributed by atoms with Crippen molar-refractivity contribution in [2.75, 3.05) is 13.2 Å². The maximum absolute atomic E-state index is 10.4. The van der Waals surface area contributed by atoms with E-state index in [-0.39, 0.29) is 5.92 Å². The molecular weight excluding hydrogens is 158 g/mol. The summed E-state index contributed by atoms with van der Waals surface area (Å²) in [5, 5.41) is 0. The molecule has 2 amide bonds. The fourth-order valence-electron chi connectivity index (χ4n) is 1.21. The second kappa shape index (κ2) is 4.06. The van der Waals surface area contributed by atoms with Gasteiger partial charge in [0.2, 0.25) is 0 Å². The Morgan fingerprint density at radius 3 is 2.42 bits per heavy atom. The number of nitrogens with zero attached hydrogens (tertiary/aromatic N) is 1. The molecule has 4 N–H and O–H groups in total. The van der Waals surface area contributed by atoms with Gasteiger partial charge in [0.1, 0.15) is 5.84 Å². The molecule has 1 fully saturated rings. The minimum absolute atomic E-state index is 0.159. The minimum Gasteiger partial charge on any atom is -0.387 e. The van der Waals surface area contributed by atoms with Crippen LogP contribution in [0.25, 0.3) is 0 Å². The number of amides is 2. The van der Waals surface area contributed by atoms with Crippen LogP contribution in [0.15, 0.2) is 4.99 Å². The molecule has 0 saturated carbocycles. The van der Waals surface area contributed by atoms with E-state index in [4.69, 9.17) is 16.2 Å². The lowest BCUT2D eigenvalue weighted by Crippen LogP contribution is -2.31. The fraction of sp³-hybridized carbons (Fsp3) is 0.714. The lowest BCUT2D eigenvalue weighted by Gasteiger charge is -2.20. The second-order valence-corrected chi connectivity index (χ2v) is 2.76. The number of rotatable bonds is 1. The maximum Gasteiger partial charge on any atom is 0.339 e. The van der Waals surface area contributed by atoms with Crippen molar-refractivity contribution in [3.8, 4) is 0 Å². The molecule has 1 rings (SSSR count). The molecule has 12 heavy (non-hydrogen) atoms. The monoisotopic (exact) mass is 171 g/mol. The summed E-state index contributed by atoms with van der Waals surface area (Å²) in [5.74, 6) is 0.497. The van der Waals surface area contributed by atoms with Crippen molar-refractivity contribution in [1.82, 2.24) is 0 Å². The van der Waals surface area contributed by atoms with Gasteiger partial charge < -0.3 is 16.2 Å². The van der Waals surface area contributed by atoms with Crippen LogP contribution in [0.1, 0.15) is 12.8 Å². The van der Waals surface area contributed by atoms with Crippen LogP contribution in [-0.2, 0) is 4.74 Å². The Morgan fingerprint density at radius 2 is 1.92 bits per heavy atom. The first-order chi connectivity index (χ1) is 5.70. The number of hydrogen-bond acceptors (Lipinski definition) is 2. The van der Waals surface area contributed by atoms with Gasteiger partial charge in [-0.25, -0.2) is 4.79 Å². The standard InChI is InChI=1S/C7H13N3O2/c8-6(10-7(9)11)5-1-3-12-4-2-5/h5H,1-4H2,(H4,8,9,10,11). The van der Waals surface area contributed by atoms with E-state index in [1.165, 1.54) is 0 Å². The van der Waals surface area contributed by atoms with Crippen molar-refractivity contribution < 1.29 is 9.53 Å². The Balaban J connectivity index is 2.49. The molecule has 0 bridgehead atoms. The highest BCUT2D eigenvalue weighted by atomic mass is 16.5. The van der Waals surface area contributed by atoms with Crippen LogP contribution in [0.3, 0.4) is 0 Å². The van der Waals surface area contributed by atoms with Crippen LogP contribution in [-0.4, -0.2) is 25.1 Å². The predicted octanol–water partition coefficient (Wildman–Crippen LogP) is -0.151. The lowest BCUT2D eigenvalue weighted by molar-refractivity contribution is 0.0825. The van der Waals surface area contributed by atoms with Gasteiger partial charge in [-0.15, -0.1) is 0 Å². The number of carbonyl (C=O) groups excluding carboxylic acids is 1. The number of urea groups is 1.